The second kappa shape index (κ2) is 9.10. The van der Waals surface area contributed by atoms with Gasteiger partial charge in [0.2, 0.25) is 0 Å². The largest absolute Gasteiger partial charge is 0.481 e. The second-order valence-electron chi connectivity index (χ2n) is 6.86. The number of nitrogens with one attached hydrogen (secondary N) is 1. The van der Waals surface area contributed by atoms with E-state index in [9.17, 15) is 9.59 Å². The topological polar surface area (TPSA) is 95.4 Å². The predicted molar refractivity (Wildman–Crippen MR) is 118 cm³/mol. The molecule has 7 nitrogen and oxygen atoms in total. The first kappa shape index (κ1) is 20.1. The van der Waals surface area contributed by atoms with Gasteiger partial charge in [0.05, 0.1) is 31.9 Å². The first-order chi connectivity index (χ1) is 14.1. The summed E-state index contributed by atoms with van der Waals surface area (Å²) >= 11 is 4.04. The Morgan fingerprint density at radius 3 is 2.90 bits per heavy atom. The maximum Gasteiger partial charge on any atom is 0.328 e. The van der Waals surface area contributed by atoms with Crippen molar-refractivity contribution < 1.29 is 14.7 Å². The molecule has 2 heterocycles. The van der Waals surface area contributed by atoms with Crippen molar-refractivity contribution >= 4 is 67.5 Å². The van der Waals surface area contributed by atoms with Gasteiger partial charge in [0.1, 0.15) is 0 Å². The van der Waals surface area contributed by atoms with Gasteiger partial charge in [-0.15, -0.1) is 23.1 Å². The molecule has 4 rings (SSSR count). The SMILES string of the molecule is O=C(O)CSc1cnc(NC(=O)N(CC2CCCC2)c2ccc3ncsc3c2)s1. The van der Waals surface area contributed by atoms with E-state index in [1.807, 2.05) is 23.7 Å². The number of carbonyl (C=O) groups is 2. The number of urea groups is 1. The highest BCUT2D eigenvalue weighted by Crippen LogP contribution is 2.32. The van der Waals surface area contributed by atoms with Crippen molar-refractivity contribution in [2.24, 2.45) is 5.92 Å². The molecule has 1 aliphatic rings. The van der Waals surface area contributed by atoms with Crippen molar-refractivity contribution in [3.05, 3.63) is 29.9 Å². The number of aromatic nitrogens is 2. The normalized spacial score (nSPS) is 14.3. The molecule has 1 saturated carbocycles. The van der Waals surface area contributed by atoms with E-state index in [1.165, 1.54) is 35.9 Å². The fourth-order valence-electron chi connectivity index (χ4n) is 3.44. The molecule has 1 aromatic carbocycles. The maximum atomic E-state index is 13.1. The minimum Gasteiger partial charge on any atom is -0.481 e. The van der Waals surface area contributed by atoms with Crippen LogP contribution in [0.2, 0.25) is 0 Å². The molecule has 1 aliphatic carbocycles. The number of anilines is 2. The van der Waals surface area contributed by atoms with Gasteiger partial charge in [-0.1, -0.05) is 24.2 Å². The number of thiazole rings is 2. The van der Waals surface area contributed by atoms with Gasteiger partial charge in [0.15, 0.2) is 5.13 Å². The van der Waals surface area contributed by atoms with Gasteiger partial charge in [-0.3, -0.25) is 15.0 Å². The summed E-state index contributed by atoms with van der Waals surface area (Å²) in [5.74, 6) is -0.413. The number of rotatable bonds is 7. The Morgan fingerprint density at radius 2 is 2.10 bits per heavy atom. The van der Waals surface area contributed by atoms with Crippen LogP contribution in [0.4, 0.5) is 15.6 Å². The molecule has 0 saturated heterocycles. The van der Waals surface area contributed by atoms with Crippen LogP contribution in [0.1, 0.15) is 25.7 Å². The molecular weight excluding hydrogens is 428 g/mol. The van der Waals surface area contributed by atoms with Crippen molar-refractivity contribution in [3.8, 4) is 0 Å². The molecule has 0 unspecified atom stereocenters. The number of aliphatic carboxylic acids is 1. The number of carbonyl (C=O) groups excluding carboxylic acids is 1. The van der Waals surface area contributed by atoms with Crippen molar-refractivity contribution in [3.63, 3.8) is 0 Å². The highest BCUT2D eigenvalue weighted by molar-refractivity contribution is 8.01. The molecule has 3 aromatic rings. The Balaban J connectivity index is 1.51. The third kappa shape index (κ3) is 5.06. The Hall–Kier alpha value is -2.17. The summed E-state index contributed by atoms with van der Waals surface area (Å²) in [4.78, 5) is 34.2. The fourth-order valence-corrected chi connectivity index (χ4v) is 5.74. The van der Waals surface area contributed by atoms with E-state index >= 15 is 0 Å². The lowest BCUT2D eigenvalue weighted by Crippen LogP contribution is -2.38. The van der Waals surface area contributed by atoms with E-state index in [0.717, 1.165) is 33.0 Å². The fraction of sp³-hybridized carbons (Fsp3) is 0.368. The summed E-state index contributed by atoms with van der Waals surface area (Å²) in [6, 6.07) is 5.68. The van der Waals surface area contributed by atoms with E-state index in [0.29, 0.717) is 17.6 Å². The summed E-state index contributed by atoms with van der Waals surface area (Å²) in [6.07, 6.45) is 6.30. The number of carboxylic acids is 1. The lowest BCUT2D eigenvalue weighted by Gasteiger charge is -2.25. The molecule has 152 valence electrons. The van der Waals surface area contributed by atoms with E-state index in [2.05, 4.69) is 15.3 Å². The molecule has 0 aliphatic heterocycles. The molecule has 1 fully saturated rings. The van der Waals surface area contributed by atoms with Crippen LogP contribution in [0.15, 0.2) is 34.1 Å². The number of benzene rings is 1. The summed E-state index contributed by atoms with van der Waals surface area (Å²) in [6.45, 7) is 0.669. The van der Waals surface area contributed by atoms with Crippen molar-refractivity contribution in [1.82, 2.24) is 9.97 Å². The van der Waals surface area contributed by atoms with Crippen LogP contribution >= 0.6 is 34.4 Å². The monoisotopic (exact) mass is 448 g/mol. The van der Waals surface area contributed by atoms with Gasteiger partial charge >= 0.3 is 12.0 Å². The van der Waals surface area contributed by atoms with Crippen LogP contribution in [0.5, 0.6) is 0 Å². The first-order valence-electron chi connectivity index (χ1n) is 9.30. The van der Waals surface area contributed by atoms with Gasteiger partial charge in [-0.2, -0.15) is 0 Å². The van der Waals surface area contributed by atoms with E-state index < -0.39 is 5.97 Å². The molecule has 0 spiro atoms. The van der Waals surface area contributed by atoms with Crippen LogP contribution in [0.25, 0.3) is 10.2 Å². The molecule has 0 bridgehead atoms. The van der Waals surface area contributed by atoms with Crippen LogP contribution < -0.4 is 10.2 Å². The quantitative estimate of drug-likeness (QED) is 0.485. The molecular formula is C19H20N4O3S3. The van der Waals surface area contributed by atoms with Gasteiger partial charge in [0, 0.05) is 12.2 Å². The van der Waals surface area contributed by atoms with Crippen LogP contribution in [-0.4, -0.2) is 39.4 Å². The summed E-state index contributed by atoms with van der Waals surface area (Å²) in [7, 11) is 0. The lowest BCUT2D eigenvalue weighted by atomic mass is 10.1. The number of hydrogen-bond acceptors (Lipinski definition) is 7. The van der Waals surface area contributed by atoms with Gasteiger partial charge in [-0.05, 0) is 37.0 Å². The third-order valence-corrected chi connectivity index (χ3v) is 7.71. The van der Waals surface area contributed by atoms with E-state index in [4.69, 9.17) is 5.11 Å². The van der Waals surface area contributed by atoms with Gasteiger partial charge < -0.3 is 5.11 Å². The maximum absolute atomic E-state index is 13.1. The molecule has 0 atom stereocenters. The summed E-state index contributed by atoms with van der Waals surface area (Å²) in [5, 5.41) is 12.2. The highest BCUT2D eigenvalue weighted by atomic mass is 32.2. The van der Waals surface area contributed by atoms with Crippen LogP contribution in [-0.2, 0) is 4.79 Å². The zero-order valence-electron chi connectivity index (χ0n) is 15.5. The van der Waals surface area contributed by atoms with Gasteiger partial charge in [0.25, 0.3) is 0 Å². The molecule has 2 aromatic heterocycles. The van der Waals surface area contributed by atoms with Crippen LogP contribution in [0.3, 0.4) is 0 Å². The molecule has 2 amide bonds. The Labute approximate surface area is 180 Å². The molecule has 0 radical (unpaired) electrons. The Morgan fingerprint density at radius 1 is 1.28 bits per heavy atom. The van der Waals surface area contributed by atoms with Crippen molar-refractivity contribution in [2.75, 3.05) is 22.5 Å². The summed E-state index contributed by atoms with van der Waals surface area (Å²) in [5.41, 5.74) is 3.59. The standard InChI is InChI=1S/C19H20N4O3S3/c24-16(25)10-27-17-8-20-18(29-17)22-19(26)23(9-12-3-1-2-4-12)13-5-6-14-15(7-13)28-11-21-14/h5-8,11-12H,1-4,9-10H2,(H,24,25)(H,20,22,26). The number of amides is 2. The molecule has 29 heavy (non-hydrogen) atoms. The number of hydrogen-bond donors (Lipinski definition) is 2. The summed E-state index contributed by atoms with van der Waals surface area (Å²) < 4.78 is 1.81. The average Bonchev–Trinajstić information content (AvgIpc) is 3.45. The minimum atomic E-state index is -0.879. The van der Waals surface area contributed by atoms with Crippen molar-refractivity contribution in [1.29, 1.82) is 0 Å². The number of carboxylic acid groups (broad SMARTS) is 1. The number of fused-ring (bicyclic) bond motifs is 1. The van der Waals surface area contributed by atoms with Crippen LogP contribution in [0, 0.1) is 5.92 Å². The molecule has 2 N–H and O–H groups in total. The highest BCUT2D eigenvalue weighted by Gasteiger charge is 2.24. The molecule has 10 heteroatoms. The van der Waals surface area contributed by atoms with Gasteiger partial charge in [-0.25, -0.2) is 14.8 Å². The van der Waals surface area contributed by atoms with E-state index in [1.54, 1.807) is 22.4 Å². The first-order valence-corrected chi connectivity index (χ1v) is 12.0. The minimum absolute atomic E-state index is 0.0295. The Bertz CT molecular complexity index is 1010. The number of thioether (sulfide) groups is 1. The van der Waals surface area contributed by atoms with E-state index in [-0.39, 0.29) is 11.8 Å². The Kier molecular flexibility index (Phi) is 6.31. The number of nitrogens with zero attached hydrogens (tertiary/aromatic N) is 3. The average molecular weight is 449 g/mol. The zero-order valence-corrected chi connectivity index (χ0v) is 18.0. The van der Waals surface area contributed by atoms with Crippen molar-refractivity contribution in [2.45, 2.75) is 29.9 Å². The third-order valence-electron chi connectivity index (χ3n) is 4.82. The second-order valence-corrected chi connectivity index (χ2v) is 10.1. The zero-order chi connectivity index (χ0) is 20.2. The lowest BCUT2D eigenvalue weighted by molar-refractivity contribution is -0.133. The smallest absolute Gasteiger partial charge is 0.328 e. The predicted octanol–water partition coefficient (Wildman–Crippen LogP) is 5.16.